The lowest BCUT2D eigenvalue weighted by molar-refractivity contribution is -0.672. The lowest BCUT2D eigenvalue weighted by Gasteiger charge is -1.90. The van der Waals surface area contributed by atoms with Gasteiger partial charge in [-0.2, -0.15) is 4.57 Å². The van der Waals surface area contributed by atoms with Crippen LogP contribution >= 0.6 is 0 Å². The minimum Gasteiger partial charge on any atom is -0.194 e. The first-order valence-electron chi connectivity index (χ1n) is 7.44. The minimum absolute atomic E-state index is 0.0898. The Labute approximate surface area is 87.1 Å². The molecule has 0 saturated carbocycles. The van der Waals surface area contributed by atoms with Crippen molar-refractivity contribution in [2.75, 3.05) is 0 Å². The predicted molar refractivity (Wildman–Crippen MR) is 51.2 cm³/mol. The first-order valence-corrected chi connectivity index (χ1v) is 3.94. The van der Waals surface area contributed by atoms with E-state index in [0.717, 1.165) is 0 Å². The number of hydrogen-bond donors (Lipinski definition) is 0. The van der Waals surface area contributed by atoms with Crippen LogP contribution in [0.2, 0.25) is 0 Å². The molecule has 0 unspecified atom stereocenters. The molecule has 1 aromatic heterocycles. The normalized spacial score (nSPS) is 19.8. The summed E-state index contributed by atoms with van der Waals surface area (Å²) in [6.45, 7) is 0.131. The Bertz CT molecular complexity index is 770. The zero-order chi connectivity index (χ0) is 14.8. The van der Waals surface area contributed by atoms with Gasteiger partial charge in [-0.3, -0.25) is 0 Å². The molecule has 1 aromatic carbocycles. The average molecular weight is 175 g/mol. The zero-order valence-corrected chi connectivity index (χ0v) is 6.73. The van der Waals surface area contributed by atoms with Crippen LogP contribution in [0.15, 0.2) is 48.5 Å². The molecule has 1 nitrogen and oxygen atoms in total. The molecule has 0 N–H and O–H groups in total. The van der Waals surface area contributed by atoms with Gasteiger partial charge in [0.25, 0.3) is 0 Å². The van der Waals surface area contributed by atoms with E-state index in [0.29, 0.717) is 11.1 Å². The maximum absolute atomic E-state index is 7.96. The molecular weight excluding hydrogens is 158 g/mol. The van der Waals surface area contributed by atoms with Crippen LogP contribution in [0.5, 0.6) is 0 Å². The van der Waals surface area contributed by atoms with Crippen molar-refractivity contribution in [2.24, 2.45) is 0 Å². The number of aromatic nitrogens is 1. The van der Waals surface area contributed by atoms with E-state index < -0.39 is 0 Å². The number of pyridine rings is 1. The first-order chi connectivity index (χ1) is 9.34. The van der Waals surface area contributed by atoms with Crippen molar-refractivity contribution in [3.05, 3.63) is 54.1 Å². The van der Waals surface area contributed by atoms with Gasteiger partial charge in [-0.15, -0.1) is 0 Å². The molecule has 0 amide bonds. The summed E-state index contributed by atoms with van der Waals surface area (Å²) in [5.74, 6) is 0. The van der Waals surface area contributed by atoms with Crippen molar-refractivity contribution >= 4 is 0 Å². The van der Waals surface area contributed by atoms with E-state index >= 15 is 0 Å². The highest BCUT2D eigenvalue weighted by atomic mass is 15.0. The predicted octanol–water partition coefficient (Wildman–Crippen LogP) is 2.00. The largest absolute Gasteiger partial charge is 0.213 e. The van der Waals surface area contributed by atoms with E-state index in [9.17, 15) is 0 Å². The van der Waals surface area contributed by atoms with E-state index in [1.54, 1.807) is 0 Å². The quantitative estimate of drug-likeness (QED) is 0.460. The molecule has 1 aliphatic rings. The highest BCUT2D eigenvalue weighted by molar-refractivity contribution is 5.62. The van der Waals surface area contributed by atoms with Crippen molar-refractivity contribution in [3.63, 3.8) is 0 Å². The summed E-state index contributed by atoms with van der Waals surface area (Å²) in [4.78, 5) is 0. The molecule has 0 atom stereocenters. The molecule has 0 aliphatic carbocycles. The van der Waals surface area contributed by atoms with Gasteiger partial charge in [0.05, 0.1) is 13.8 Å². The summed E-state index contributed by atoms with van der Waals surface area (Å²) in [5.41, 5.74) is 1.20. The van der Waals surface area contributed by atoms with E-state index in [-0.39, 0.29) is 54.7 Å². The number of fused-ring (bicyclic) bond motifs is 3. The second-order valence-corrected chi connectivity index (χ2v) is 2.85. The summed E-state index contributed by atoms with van der Waals surface area (Å²) in [7, 11) is 0. The standard InChI is InChI=1S/C12H10N/c1-2-6-11-10(5-1)9-13-8-4-3-7-12(11)13/h1-8H,9H2/q+1/i1D,2D,3D,4D,5D,7D,8D. The van der Waals surface area contributed by atoms with Crippen molar-refractivity contribution < 1.29 is 14.2 Å². The van der Waals surface area contributed by atoms with E-state index in [1.165, 1.54) is 10.6 Å². The molecule has 0 bridgehead atoms. The summed E-state index contributed by atoms with van der Waals surface area (Å²) in [6.07, 6.45) is -0.185. The average Bonchev–Trinajstić information content (AvgIpc) is 2.80. The highest BCUT2D eigenvalue weighted by Gasteiger charge is 2.23. The summed E-state index contributed by atoms with van der Waals surface area (Å²) in [5, 5.41) is 0. The lowest BCUT2D eigenvalue weighted by atomic mass is 10.1. The van der Waals surface area contributed by atoms with Gasteiger partial charge in [0.1, 0.15) is 1.37 Å². The molecule has 62 valence electrons. The fourth-order valence-corrected chi connectivity index (χ4v) is 1.51. The summed E-state index contributed by atoms with van der Waals surface area (Å²) in [6, 6.07) is 0.170. The fourth-order valence-electron chi connectivity index (χ4n) is 1.51. The third kappa shape index (κ3) is 0.903. The van der Waals surface area contributed by atoms with Gasteiger partial charge in [-0.25, -0.2) is 0 Å². The molecule has 13 heavy (non-hydrogen) atoms. The second-order valence-electron chi connectivity index (χ2n) is 2.85. The lowest BCUT2D eigenvalue weighted by Crippen LogP contribution is -2.31. The van der Waals surface area contributed by atoms with Crippen LogP contribution in [-0.2, 0) is 6.54 Å². The second kappa shape index (κ2) is 2.43. The maximum atomic E-state index is 7.96. The third-order valence-electron chi connectivity index (χ3n) is 2.10. The van der Waals surface area contributed by atoms with Crippen LogP contribution in [0.3, 0.4) is 0 Å². The number of benzene rings is 1. The molecule has 1 heteroatoms. The molecule has 2 heterocycles. The Kier molecular flexibility index (Phi) is 0.550. The Hall–Kier alpha value is -1.63. The van der Waals surface area contributed by atoms with E-state index in [4.69, 9.17) is 9.60 Å². The zero-order valence-electron chi connectivity index (χ0n) is 13.7. The van der Waals surface area contributed by atoms with Crippen LogP contribution in [-0.4, -0.2) is 0 Å². The Morgan fingerprint density at radius 3 is 3.08 bits per heavy atom. The van der Waals surface area contributed by atoms with E-state index in [2.05, 4.69) is 0 Å². The van der Waals surface area contributed by atoms with Gasteiger partial charge in [-0.1, -0.05) is 18.1 Å². The van der Waals surface area contributed by atoms with Crippen LogP contribution in [0, 0.1) is 0 Å². The smallest absolute Gasteiger partial charge is 0.194 e. The molecule has 0 fully saturated rings. The van der Waals surface area contributed by atoms with Crippen LogP contribution < -0.4 is 4.57 Å². The molecule has 0 saturated heterocycles. The maximum Gasteiger partial charge on any atom is 0.213 e. The summed E-state index contributed by atoms with van der Waals surface area (Å²) < 4.78 is 55.8. The van der Waals surface area contributed by atoms with Crippen LogP contribution in [0.25, 0.3) is 11.3 Å². The molecule has 0 radical (unpaired) electrons. The van der Waals surface area contributed by atoms with Gasteiger partial charge in [0, 0.05) is 17.6 Å². The molecule has 1 aliphatic heterocycles. The molecular formula is C12H10N+. The number of rotatable bonds is 0. The van der Waals surface area contributed by atoms with Crippen molar-refractivity contribution in [1.29, 1.82) is 0 Å². The third-order valence-corrected chi connectivity index (χ3v) is 2.10. The molecule has 0 spiro atoms. The first kappa shape index (κ1) is 2.95. The number of hydrogen-bond acceptors (Lipinski definition) is 0. The minimum atomic E-state index is -0.331. The van der Waals surface area contributed by atoms with Gasteiger partial charge < -0.3 is 0 Å². The van der Waals surface area contributed by atoms with Crippen molar-refractivity contribution in [3.8, 4) is 11.3 Å². The van der Waals surface area contributed by atoms with Gasteiger partial charge in [-0.05, 0) is 12.1 Å². The Balaban J connectivity index is 2.43. The molecule has 3 rings (SSSR count). The molecule has 2 aromatic rings. The fraction of sp³-hybridized carbons (Fsp3) is 0.0833. The van der Waals surface area contributed by atoms with Gasteiger partial charge >= 0.3 is 0 Å². The SMILES string of the molecule is [2H]c1cc2c(c([2H])c1[2H])C[n+]1c([2H])c([2H])c([2H])c([2H])c1-2. The van der Waals surface area contributed by atoms with Crippen molar-refractivity contribution in [2.45, 2.75) is 6.54 Å². The van der Waals surface area contributed by atoms with Crippen molar-refractivity contribution in [1.82, 2.24) is 0 Å². The monoisotopic (exact) mass is 175 g/mol. The van der Waals surface area contributed by atoms with Gasteiger partial charge in [0.2, 0.25) is 5.69 Å². The Morgan fingerprint density at radius 2 is 2.08 bits per heavy atom. The summed E-state index contributed by atoms with van der Waals surface area (Å²) >= 11 is 0. The van der Waals surface area contributed by atoms with Crippen LogP contribution in [0.1, 0.15) is 15.2 Å². The topological polar surface area (TPSA) is 3.88 Å². The van der Waals surface area contributed by atoms with Crippen LogP contribution in [0.4, 0.5) is 0 Å². The Morgan fingerprint density at radius 1 is 1.15 bits per heavy atom. The van der Waals surface area contributed by atoms with E-state index in [1.807, 2.05) is 0 Å². The van der Waals surface area contributed by atoms with Gasteiger partial charge in [0.15, 0.2) is 12.7 Å². The number of nitrogens with zero attached hydrogens (tertiary/aromatic N) is 1. The highest BCUT2D eigenvalue weighted by Crippen LogP contribution is 2.24.